The number of carboxylic acids is 2. The summed E-state index contributed by atoms with van der Waals surface area (Å²) in [4.78, 5) is 20.0. The van der Waals surface area contributed by atoms with E-state index in [9.17, 15) is 9.59 Å². The van der Waals surface area contributed by atoms with E-state index >= 15 is 0 Å². The van der Waals surface area contributed by atoms with E-state index in [-0.39, 0.29) is 27.9 Å². The van der Waals surface area contributed by atoms with E-state index in [1.807, 2.05) is 0 Å². The smallest absolute Gasteiger partial charge is 0.353 e. The van der Waals surface area contributed by atoms with Crippen LogP contribution in [0.4, 0.5) is 0 Å². The van der Waals surface area contributed by atoms with Crippen LogP contribution in [0.5, 0.6) is 0 Å². The molecule has 2 heterocycles. The molecule has 0 spiro atoms. The summed E-state index contributed by atoms with van der Waals surface area (Å²) >= 11 is 0. The van der Waals surface area contributed by atoms with Crippen LogP contribution in [0.1, 0.15) is 21.0 Å². The van der Waals surface area contributed by atoms with Gasteiger partial charge in [0.1, 0.15) is 11.4 Å². The molecule has 4 N–H and O–H groups in total. The normalized spacial score (nSPS) is 8.47. The van der Waals surface area contributed by atoms with E-state index in [1.165, 1.54) is 24.5 Å². The average molecular weight is 283 g/mol. The van der Waals surface area contributed by atoms with Crippen LogP contribution in [0.2, 0.25) is 0 Å². The van der Waals surface area contributed by atoms with Crippen LogP contribution in [-0.2, 0) is 16.5 Å². The standard InChI is InChI=1S/2C4H4N2O2.Ni/c2*7-4(8)3-1-2-5-6-3;/h2*1-2H,(H,5,6)(H,7,8);. The predicted molar refractivity (Wildman–Crippen MR) is 51.1 cm³/mol. The number of hydrogen-bond donors (Lipinski definition) is 4. The van der Waals surface area contributed by atoms with Crippen molar-refractivity contribution < 1.29 is 36.3 Å². The number of aromatic carboxylic acids is 2. The Hall–Kier alpha value is -2.15. The van der Waals surface area contributed by atoms with E-state index < -0.39 is 11.9 Å². The number of carbonyl (C=O) groups is 2. The van der Waals surface area contributed by atoms with Crippen LogP contribution in [0.3, 0.4) is 0 Å². The van der Waals surface area contributed by atoms with Gasteiger partial charge >= 0.3 is 11.9 Å². The summed E-state index contributed by atoms with van der Waals surface area (Å²) in [7, 11) is 0. The number of nitrogens with zero attached hydrogens (tertiary/aromatic N) is 2. The topological polar surface area (TPSA) is 132 Å². The minimum absolute atomic E-state index is 0. The molecule has 0 amide bonds. The number of rotatable bonds is 2. The summed E-state index contributed by atoms with van der Waals surface area (Å²) in [5.74, 6) is -1.97. The molecule has 0 atom stereocenters. The molecule has 0 aromatic carbocycles. The van der Waals surface area contributed by atoms with Crippen molar-refractivity contribution in [1.82, 2.24) is 20.4 Å². The fourth-order valence-corrected chi connectivity index (χ4v) is 0.750. The molecule has 8 nitrogen and oxygen atoms in total. The van der Waals surface area contributed by atoms with Crippen molar-refractivity contribution in [3.8, 4) is 0 Å². The maximum absolute atomic E-state index is 9.99. The number of H-pyrrole nitrogens is 2. The molecule has 0 saturated carbocycles. The molecule has 17 heavy (non-hydrogen) atoms. The van der Waals surface area contributed by atoms with Crippen molar-refractivity contribution in [2.45, 2.75) is 0 Å². The zero-order valence-corrected chi connectivity index (χ0v) is 9.22. The molecule has 0 fully saturated rings. The molecule has 0 bridgehead atoms. The molecule has 0 aliphatic carbocycles. The van der Waals surface area contributed by atoms with Crippen LogP contribution in [-0.4, -0.2) is 42.5 Å². The minimum Gasteiger partial charge on any atom is -0.477 e. The van der Waals surface area contributed by atoms with Crippen LogP contribution >= 0.6 is 0 Å². The van der Waals surface area contributed by atoms with Gasteiger partial charge in [0, 0.05) is 28.9 Å². The molecule has 2 rings (SSSR count). The number of aromatic amines is 2. The summed E-state index contributed by atoms with van der Waals surface area (Å²) in [6.07, 6.45) is 2.78. The van der Waals surface area contributed by atoms with Crippen molar-refractivity contribution in [2.75, 3.05) is 0 Å². The van der Waals surface area contributed by atoms with Crippen LogP contribution in [0.25, 0.3) is 0 Å². The van der Waals surface area contributed by atoms with Crippen molar-refractivity contribution in [1.29, 1.82) is 0 Å². The van der Waals surface area contributed by atoms with Crippen molar-refractivity contribution in [2.24, 2.45) is 0 Å². The van der Waals surface area contributed by atoms with Crippen LogP contribution in [0, 0.1) is 0 Å². The Morgan fingerprint density at radius 3 is 1.41 bits per heavy atom. The van der Waals surface area contributed by atoms with Gasteiger partial charge in [0.15, 0.2) is 0 Å². The van der Waals surface area contributed by atoms with Gasteiger partial charge < -0.3 is 10.2 Å². The zero-order valence-electron chi connectivity index (χ0n) is 8.23. The zero-order chi connectivity index (χ0) is 12.0. The molecule has 2 aromatic rings. The molecular formula is C8H8N4NiO4. The van der Waals surface area contributed by atoms with Crippen molar-refractivity contribution >= 4 is 11.9 Å². The largest absolute Gasteiger partial charge is 0.477 e. The Kier molecular flexibility index (Phi) is 6.27. The average Bonchev–Trinajstić information content (AvgIpc) is 2.93. The third-order valence-electron chi connectivity index (χ3n) is 1.46. The number of carboxylic acid groups (broad SMARTS) is 2. The van der Waals surface area contributed by atoms with E-state index in [4.69, 9.17) is 10.2 Å². The Morgan fingerprint density at radius 2 is 1.29 bits per heavy atom. The monoisotopic (exact) mass is 282 g/mol. The Labute approximate surface area is 105 Å². The Bertz CT molecular complexity index is 410. The van der Waals surface area contributed by atoms with E-state index in [0.29, 0.717) is 0 Å². The third-order valence-corrected chi connectivity index (χ3v) is 1.46. The third kappa shape index (κ3) is 4.94. The molecule has 0 unspecified atom stereocenters. The fourth-order valence-electron chi connectivity index (χ4n) is 0.750. The molecule has 0 aliphatic rings. The molecule has 0 aliphatic heterocycles. The molecule has 2 aromatic heterocycles. The van der Waals surface area contributed by atoms with Gasteiger partial charge in [-0.15, -0.1) is 0 Å². The van der Waals surface area contributed by atoms with Gasteiger partial charge in [-0.2, -0.15) is 10.2 Å². The number of nitrogens with one attached hydrogen (secondary N) is 2. The van der Waals surface area contributed by atoms with Crippen LogP contribution < -0.4 is 0 Å². The first kappa shape index (κ1) is 14.9. The Balaban J connectivity index is 0.000000284. The van der Waals surface area contributed by atoms with Gasteiger partial charge in [0.25, 0.3) is 0 Å². The minimum atomic E-state index is -0.984. The maximum atomic E-state index is 9.99. The quantitative estimate of drug-likeness (QED) is 0.582. The molecule has 94 valence electrons. The van der Waals surface area contributed by atoms with E-state index in [0.717, 1.165) is 0 Å². The van der Waals surface area contributed by atoms with Gasteiger partial charge in [0.05, 0.1) is 0 Å². The van der Waals surface area contributed by atoms with Gasteiger partial charge in [-0.3, -0.25) is 10.2 Å². The summed E-state index contributed by atoms with van der Waals surface area (Å²) < 4.78 is 0. The van der Waals surface area contributed by atoms with Gasteiger partial charge in [0.2, 0.25) is 0 Å². The first-order valence-corrected chi connectivity index (χ1v) is 4.06. The van der Waals surface area contributed by atoms with Crippen molar-refractivity contribution in [3.05, 3.63) is 35.9 Å². The SMILES string of the molecule is O=C(O)c1ccn[nH]1.O=C(O)c1ccn[nH]1.[Ni]. The molecule has 0 radical (unpaired) electrons. The van der Waals surface area contributed by atoms with Gasteiger partial charge in [-0.05, 0) is 12.1 Å². The summed E-state index contributed by atoms with van der Waals surface area (Å²) in [5, 5.41) is 27.9. The van der Waals surface area contributed by atoms with Crippen LogP contribution in [0.15, 0.2) is 24.5 Å². The molecule has 9 heteroatoms. The second-order valence-electron chi connectivity index (χ2n) is 2.55. The number of aromatic nitrogens is 4. The van der Waals surface area contributed by atoms with Crippen molar-refractivity contribution in [3.63, 3.8) is 0 Å². The van der Waals surface area contributed by atoms with Gasteiger partial charge in [-0.1, -0.05) is 0 Å². The first-order chi connectivity index (χ1) is 7.61. The first-order valence-electron chi connectivity index (χ1n) is 4.06. The summed E-state index contributed by atoms with van der Waals surface area (Å²) in [5.41, 5.74) is 0.231. The second-order valence-corrected chi connectivity index (χ2v) is 2.55. The summed E-state index contributed by atoms with van der Waals surface area (Å²) in [6.45, 7) is 0. The fraction of sp³-hybridized carbons (Fsp3) is 0. The van der Waals surface area contributed by atoms with E-state index in [2.05, 4.69) is 20.4 Å². The van der Waals surface area contributed by atoms with E-state index in [1.54, 1.807) is 0 Å². The molecular weight excluding hydrogens is 275 g/mol. The predicted octanol–water partition coefficient (Wildman–Crippen LogP) is 0.213. The van der Waals surface area contributed by atoms with Gasteiger partial charge in [-0.25, -0.2) is 9.59 Å². The maximum Gasteiger partial charge on any atom is 0.353 e. The Morgan fingerprint density at radius 1 is 0.941 bits per heavy atom. The number of hydrogen-bond acceptors (Lipinski definition) is 4. The second kappa shape index (κ2) is 7.18. The summed E-state index contributed by atoms with van der Waals surface area (Å²) in [6, 6.07) is 2.78. The molecule has 0 saturated heterocycles.